The van der Waals surface area contributed by atoms with Crippen molar-refractivity contribution in [2.45, 2.75) is 19.3 Å². The van der Waals surface area contributed by atoms with Crippen LogP contribution in [0.2, 0.25) is 0 Å². The van der Waals surface area contributed by atoms with Crippen LogP contribution in [0, 0.1) is 0 Å². The molecule has 0 fully saturated rings. The highest BCUT2D eigenvalue weighted by molar-refractivity contribution is 4.64. The predicted octanol–water partition coefficient (Wildman–Crippen LogP) is 1.60. The summed E-state index contributed by atoms with van der Waals surface area (Å²) in [5.41, 5.74) is 0. The zero-order valence-corrected chi connectivity index (χ0v) is 9.26. The summed E-state index contributed by atoms with van der Waals surface area (Å²) in [4.78, 5) is 0. The molecular formula is C11H23NO2. The molecule has 1 N–H and O–H groups in total. The molecule has 0 aliphatic carbocycles. The molecule has 0 aliphatic rings. The lowest BCUT2D eigenvalue weighted by Gasteiger charge is -2.05. The van der Waals surface area contributed by atoms with Crippen molar-refractivity contribution >= 4 is 0 Å². The van der Waals surface area contributed by atoms with Crippen LogP contribution >= 0.6 is 0 Å². The zero-order chi connectivity index (χ0) is 10.5. The smallest absolute Gasteiger partial charge is 0.0590 e. The van der Waals surface area contributed by atoms with Crippen molar-refractivity contribution in [1.82, 2.24) is 5.32 Å². The van der Waals surface area contributed by atoms with E-state index in [2.05, 4.69) is 11.9 Å². The van der Waals surface area contributed by atoms with Crippen molar-refractivity contribution in [2.24, 2.45) is 0 Å². The third-order valence-corrected chi connectivity index (χ3v) is 1.82. The zero-order valence-electron chi connectivity index (χ0n) is 9.26. The predicted molar refractivity (Wildman–Crippen MR) is 59.6 cm³/mol. The van der Waals surface area contributed by atoms with Crippen LogP contribution in [0.4, 0.5) is 0 Å². The Balaban J connectivity index is 2.81. The van der Waals surface area contributed by atoms with Crippen LogP contribution in [0.15, 0.2) is 12.7 Å². The lowest BCUT2D eigenvalue weighted by molar-refractivity contribution is 0.133. The van der Waals surface area contributed by atoms with Gasteiger partial charge in [-0.15, -0.1) is 6.58 Å². The van der Waals surface area contributed by atoms with Crippen LogP contribution in [0.1, 0.15) is 19.3 Å². The largest absolute Gasteiger partial charge is 0.385 e. The molecule has 84 valence electrons. The first-order chi connectivity index (χ1) is 6.91. The van der Waals surface area contributed by atoms with Gasteiger partial charge in [0.2, 0.25) is 0 Å². The molecule has 0 atom stereocenters. The molecule has 0 bridgehead atoms. The molecule has 0 heterocycles. The van der Waals surface area contributed by atoms with E-state index in [0.717, 1.165) is 52.2 Å². The minimum absolute atomic E-state index is 0.796. The molecule has 0 radical (unpaired) electrons. The summed E-state index contributed by atoms with van der Waals surface area (Å²) in [6, 6.07) is 0. The maximum absolute atomic E-state index is 5.40. The molecule has 0 aromatic rings. The van der Waals surface area contributed by atoms with Gasteiger partial charge < -0.3 is 14.8 Å². The fourth-order valence-electron chi connectivity index (χ4n) is 1.04. The van der Waals surface area contributed by atoms with E-state index in [1.807, 2.05) is 6.08 Å². The van der Waals surface area contributed by atoms with Crippen LogP contribution in [0.5, 0.6) is 0 Å². The van der Waals surface area contributed by atoms with Gasteiger partial charge in [-0.3, -0.25) is 0 Å². The lowest BCUT2D eigenvalue weighted by Crippen LogP contribution is -2.21. The summed E-state index contributed by atoms with van der Waals surface area (Å²) in [5, 5.41) is 3.29. The summed E-state index contributed by atoms with van der Waals surface area (Å²) in [5.74, 6) is 0. The molecule has 0 saturated heterocycles. The van der Waals surface area contributed by atoms with E-state index in [4.69, 9.17) is 9.47 Å². The van der Waals surface area contributed by atoms with Gasteiger partial charge in [0.05, 0.1) is 6.61 Å². The van der Waals surface area contributed by atoms with Crippen LogP contribution in [0.3, 0.4) is 0 Å². The average molecular weight is 201 g/mol. The second-order valence-corrected chi connectivity index (χ2v) is 3.14. The number of hydrogen-bond acceptors (Lipinski definition) is 3. The summed E-state index contributed by atoms with van der Waals surface area (Å²) in [6.45, 7) is 8.05. The SMILES string of the molecule is C=CCCCOCCNCCCOC. The van der Waals surface area contributed by atoms with Crippen LogP contribution < -0.4 is 5.32 Å². The number of rotatable bonds is 11. The summed E-state index contributed by atoms with van der Waals surface area (Å²) < 4.78 is 10.3. The Kier molecular flexibility index (Phi) is 12.3. The molecule has 0 aromatic heterocycles. The minimum Gasteiger partial charge on any atom is -0.385 e. The Labute approximate surface area is 87.5 Å². The number of ether oxygens (including phenoxy) is 2. The van der Waals surface area contributed by atoms with Gasteiger partial charge in [-0.2, -0.15) is 0 Å². The van der Waals surface area contributed by atoms with E-state index in [1.54, 1.807) is 7.11 Å². The summed E-state index contributed by atoms with van der Waals surface area (Å²) in [7, 11) is 1.72. The second-order valence-electron chi connectivity index (χ2n) is 3.14. The lowest BCUT2D eigenvalue weighted by atomic mass is 10.3. The van der Waals surface area contributed by atoms with Gasteiger partial charge in [0.25, 0.3) is 0 Å². The molecule has 0 aliphatic heterocycles. The second kappa shape index (κ2) is 12.6. The standard InChI is InChI=1S/C11H23NO2/c1-3-4-5-10-14-11-8-12-7-6-9-13-2/h3,12H,1,4-11H2,2H3. The minimum atomic E-state index is 0.796. The Morgan fingerprint density at radius 2 is 2.00 bits per heavy atom. The van der Waals surface area contributed by atoms with Gasteiger partial charge in [0.1, 0.15) is 0 Å². The Hall–Kier alpha value is -0.380. The van der Waals surface area contributed by atoms with Gasteiger partial charge in [-0.25, -0.2) is 0 Å². The van der Waals surface area contributed by atoms with E-state index < -0.39 is 0 Å². The van der Waals surface area contributed by atoms with Gasteiger partial charge in [-0.05, 0) is 25.8 Å². The van der Waals surface area contributed by atoms with Crippen molar-refractivity contribution in [2.75, 3.05) is 40.0 Å². The monoisotopic (exact) mass is 201 g/mol. The van der Waals surface area contributed by atoms with Gasteiger partial charge in [0, 0.05) is 26.9 Å². The van der Waals surface area contributed by atoms with Crippen molar-refractivity contribution in [1.29, 1.82) is 0 Å². The molecular weight excluding hydrogens is 178 g/mol. The third kappa shape index (κ3) is 11.6. The van der Waals surface area contributed by atoms with E-state index in [1.165, 1.54) is 0 Å². The molecule has 0 spiro atoms. The normalized spacial score (nSPS) is 10.4. The quantitative estimate of drug-likeness (QED) is 0.407. The summed E-state index contributed by atoms with van der Waals surface area (Å²) in [6.07, 6.45) is 5.10. The van der Waals surface area contributed by atoms with Crippen molar-refractivity contribution in [3.05, 3.63) is 12.7 Å². The first-order valence-electron chi connectivity index (χ1n) is 5.30. The molecule has 0 amide bonds. The average Bonchev–Trinajstić information content (AvgIpc) is 2.21. The first kappa shape index (κ1) is 13.6. The van der Waals surface area contributed by atoms with Crippen molar-refractivity contribution in [3.63, 3.8) is 0 Å². The van der Waals surface area contributed by atoms with Gasteiger partial charge in [0.15, 0.2) is 0 Å². The summed E-state index contributed by atoms with van der Waals surface area (Å²) >= 11 is 0. The highest BCUT2D eigenvalue weighted by Gasteiger charge is 1.89. The Morgan fingerprint density at radius 1 is 1.14 bits per heavy atom. The third-order valence-electron chi connectivity index (χ3n) is 1.82. The molecule has 0 rings (SSSR count). The fourth-order valence-corrected chi connectivity index (χ4v) is 1.04. The number of allylic oxidation sites excluding steroid dienone is 1. The van der Waals surface area contributed by atoms with E-state index in [-0.39, 0.29) is 0 Å². The molecule has 14 heavy (non-hydrogen) atoms. The van der Waals surface area contributed by atoms with Crippen LogP contribution in [0.25, 0.3) is 0 Å². The van der Waals surface area contributed by atoms with E-state index in [0.29, 0.717) is 0 Å². The highest BCUT2D eigenvalue weighted by atomic mass is 16.5. The van der Waals surface area contributed by atoms with Crippen LogP contribution in [-0.4, -0.2) is 40.0 Å². The first-order valence-corrected chi connectivity index (χ1v) is 5.30. The van der Waals surface area contributed by atoms with Gasteiger partial charge in [-0.1, -0.05) is 6.08 Å². The number of methoxy groups -OCH3 is 1. The Bertz CT molecular complexity index is 118. The maximum atomic E-state index is 5.40. The van der Waals surface area contributed by atoms with Gasteiger partial charge >= 0.3 is 0 Å². The molecule has 0 saturated carbocycles. The number of hydrogen-bond donors (Lipinski definition) is 1. The molecule has 3 heteroatoms. The van der Waals surface area contributed by atoms with Crippen molar-refractivity contribution in [3.8, 4) is 0 Å². The molecule has 0 aromatic carbocycles. The molecule has 3 nitrogen and oxygen atoms in total. The number of unbranched alkanes of at least 4 members (excludes halogenated alkanes) is 1. The maximum Gasteiger partial charge on any atom is 0.0590 e. The highest BCUT2D eigenvalue weighted by Crippen LogP contribution is 1.89. The van der Waals surface area contributed by atoms with E-state index >= 15 is 0 Å². The van der Waals surface area contributed by atoms with Crippen molar-refractivity contribution < 1.29 is 9.47 Å². The van der Waals surface area contributed by atoms with Crippen LogP contribution in [-0.2, 0) is 9.47 Å². The van der Waals surface area contributed by atoms with E-state index in [9.17, 15) is 0 Å². The number of nitrogens with one attached hydrogen (secondary N) is 1. The topological polar surface area (TPSA) is 30.5 Å². The molecule has 0 unspecified atom stereocenters. The fraction of sp³-hybridized carbons (Fsp3) is 0.818. The Morgan fingerprint density at radius 3 is 2.71 bits per heavy atom.